The van der Waals surface area contributed by atoms with Gasteiger partial charge in [0.2, 0.25) is 0 Å². The highest BCUT2D eigenvalue weighted by Gasteiger charge is 2.27. The summed E-state index contributed by atoms with van der Waals surface area (Å²) in [6.07, 6.45) is 2.26. The SMILES string of the molecule is Cn1c(CO)nnc1Sc1cc(Cl)nc(C2CC2)n1. The van der Waals surface area contributed by atoms with Gasteiger partial charge in [-0.1, -0.05) is 11.6 Å². The van der Waals surface area contributed by atoms with Crippen molar-refractivity contribution < 1.29 is 5.11 Å². The predicted octanol–water partition coefficient (Wildman–Crippen LogP) is 1.78. The molecular formula is C11H12ClN5OS. The summed E-state index contributed by atoms with van der Waals surface area (Å²) in [6.45, 7) is -0.137. The van der Waals surface area contributed by atoms with Gasteiger partial charge in [0.25, 0.3) is 0 Å². The number of rotatable bonds is 4. The van der Waals surface area contributed by atoms with E-state index in [9.17, 15) is 0 Å². The average Bonchev–Trinajstić information content (AvgIpc) is 3.16. The highest BCUT2D eigenvalue weighted by Crippen LogP contribution is 2.39. The van der Waals surface area contributed by atoms with Gasteiger partial charge in [-0.15, -0.1) is 10.2 Å². The lowest BCUT2D eigenvalue weighted by Gasteiger charge is -2.04. The van der Waals surface area contributed by atoms with Crippen LogP contribution >= 0.6 is 23.4 Å². The molecule has 100 valence electrons. The van der Waals surface area contributed by atoms with Crippen molar-refractivity contribution in [2.45, 2.75) is 35.5 Å². The molecule has 1 fully saturated rings. The Morgan fingerprint density at radius 1 is 1.42 bits per heavy atom. The van der Waals surface area contributed by atoms with Gasteiger partial charge in [-0.2, -0.15) is 0 Å². The summed E-state index contributed by atoms with van der Waals surface area (Å²) in [6, 6.07) is 1.71. The summed E-state index contributed by atoms with van der Waals surface area (Å²) < 4.78 is 1.73. The van der Waals surface area contributed by atoms with Gasteiger partial charge in [-0.05, 0) is 24.6 Å². The van der Waals surface area contributed by atoms with Gasteiger partial charge in [0.05, 0.1) is 0 Å². The first kappa shape index (κ1) is 12.8. The van der Waals surface area contributed by atoms with Crippen LogP contribution in [0.1, 0.15) is 30.4 Å². The summed E-state index contributed by atoms with van der Waals surface area (Å²) in [7, 11) is 1.80. The van der Waals surface area contributed by atoms with E-state index in [1.165, 1.54) is 11.8 Å². The molecule has 2 heterocycles. The van der Waals surface area contributed by atoms with E-state index in [4.69, 9.17) is 16.7 Å². The lowest BCUT2D eigenvalue weighted by molar-refractivity contribution is 0.266. The van der Waals surface area contributed by atoms with E-state index in [0.29, 0.717) is 22.1 Å². The molecule has 3 rings (SSSR count). The number of aliphatic hydroxyl groups excluding tert-OH is 1. The normalized spacial score (nSPS) is 14.9. The van der Waals surface area contributed by atoms with Crippen molar-refractivity contribution in [1.29, 1.82) is 0 Å². The van der Waals surface area contributed by atoms with Crippen LogP contribution < -0.4 is 0 Å². The number of nitrogens with zero attached hydrogens (tertiary/aromatic N) is 5. The first-order chi connectivity index (χ1) is 9.17. The molecule has 0 unspecified atom stereocenters. The zero-order valence-electron chi connectivity index (χ0n) is 10.2. The van der Waals surface area contributed by atoms with Gasteiger partial charge < -0.3 is 9.67 Å². The van der Waals surface area contributed by atoms with Crippen molar-refractivity contribution in [2.75, 3.05) is 0 Å². The number of aromatic nitrogens is 5. The molecule has 1 aliphatic rings. The Kier molecular flexibility index (Phi) is 3.42. The summed E-state index contributed by atoms with van der Waals surface area (Å²) >= 11 is 7.38. The molecule has 1 aliphatic carbocycles. The first-order valence-corrected chi connectivity index (χ1v) is 7.08. The van der Waals surface area contributed by atoms with Crippen LogP contribution in [-0.2, 0) is 13.7 Å². The predicted molar refractivity (Wildman–Crippen MR) is 70.1 cm³/mol. The summed E-state index contributed by atoms with van der Waals surface area (Å²) in [5, 5.41) is 18.9. The van der Waals surface area contributed by atoms with Crippen LogP contribution in [0.4, 0.5) is 0 Å². The third-order valence-electron chi connectivity index (χ3n) is 2.89. The Bertz CT molecular complexity index is 613. The van der Waals surface area contributed by atoms with Crippen molar-refractivity contribution in [3.63, 3.8) is 0 Å². The molecule has 0 atom stereocenters. The van der Waals surface area contributed by atoms with Crippen molar-refractivity contribution in [2.24, 2.45) is 7.05 Å². The van der Waals surface area contributed by atoms with Gasteiger partial charge in [0.1, 0.15) is 22.6 Å². The highest BCUT2D eigenvalue weighted by atomic mass is 35.5. The maximum atomic E-state index is 9.09. The molecule has 0 radical (unpaired) electrons. The molecule has 0 aliphatic heterocycles. The molecule has 1 N–H and O–H groups in total. The Morgan fingerprint density at radius 3 is 2.84 bits per heavy atom. The van der Waals surface area contributed by atoms with Crippen LogP contribution in [-0.4, -0.2) is 29.8 Å². The molecule has 0 bridgehead atoms. The molecule has 2 aromatic heterocycles. The molecule has 6 nitrogen and oxygen atoms in total. The van der Waals surface area contributed by atoms with Crippen molar-refractivity contribution in [1.82, 2.24) is 24.7 Å². The maximum absolute atomic E-state index is 9.09. The lowest BCUT2D eigenvalue weighted by Crippen LogP contribution is -1.99. The smallest absolute Gasteiger partial charge is 0.197 e. The van der Waals surface area contributed by atoms with Crippen molar-refractivity contribution in [3.8, 4) is 0 Å². The number of halogens is 1. The van der Waals surface area contributed by atoms with E-state index in [2.05, 4.69) is 20.2 Å². The van der Waals surface area contributed by atoms with Gasteiger partial charge >= 0.3 is 0 Å². The average molecular weight is 298 g/mol. The maximum Gasteiger partial charge on any atom is 0.197 e. The molecule has 0 amide bonds. The fraction of sp³-hybridized carbons (Fsp3) is 0.455. The molecule has 1 saturated carbocycles. The topological polar surface area (TPSA) is 76.7 Å². The fourth-order valence-corrected chi connectivity index (χ4v) is 2.73. The van der Waals surface area contributed by atoms with E-state index >= 15 is 0 Å². The number of hydrogen-bond acceptors (Lipinski definition) is 6. The fourth-order valence-electron chi connectivity index (χ4n) is 1.66. The number of hydrogen-bond donors (Lipinski definition) is 1. The summed E-state index contributed by atoms with van der Waals surface area (Å²) in [5.74, 6) is 1.77. The minimum atomic E-state index is -0.137. The lowest BCUT2D eigenvalue weighted by atomic mass is 10.4. The van der Waals surface area contributed by atoms with E-state index in [0.717, 1.165) is 23.7 Å². The second kappa shape index (κ2) is 5.07. The van der Waals surface area contributed by atoms with Crippen molar-refractivity contribution >= 4 is 23.4 Å². The third kappa shape index (κ3) is 2.72. The number of aliphatic hydroxyl groups is 1. The minimum absolute atomic E-state index is 0.137. The van der Waals surface area contributed by atoms with Crippen LogP contribution in [0.15, 0.2) is 16.2 Å². The van der Waals surface area contributed by atoms with Crippen LogP contribution in [0, 0.1) is 0 Å². The standard InChI is InChI=1S/C11H12ClN5OS/c1-17-8(5-18)15-16-11(17)19-9-4-7(12)13-10(14-9)6-2-3-6/h4,6,18H,2-3,5H2,1H3. The molecule has 8 heteroatoms. The Hall–Kier alpha value is -1.18. The molecule has 19 heavy (non-hydrogen) atoms. The Labute approximate surface area is 119 Å². The molecule has 2 aromatic rings. The first-order valence-electron chi connectivity index (χ1n) is 5.89. The third-order valence-corrected chi connectivity index (χ3v) is 4.04. The molecule has 0 aromatic carbocycles. The van der Waals surface area contributed by atoms with Gasteiger partial charge in [0.15, 0.2) is 11.0 Å². The van der Waals surface area contributed by atoms with Crippen LogP contribution in [0.5, 0.6) is 0 Å². The van der Waals surface area contributed by atoms with Crippen molar-refractivity contribution in [3.05, 3.63) is 22.9 Å². The van der Waals surface area contributed by atoms with Crippen LogP contribution in [0.25, 0.3) is 0 Å². The monoisotopic (exact) mass is 297 g/mol. The van der Waals surface area contributed by atoms with E-state index in [1.807, 2.05) is 0 Å². The largest absolute Gasteiger partial charge is 0.388 e. The zero-order chi connectivity index (χ0) is 13.4. The van der Waals surface area contributed by atoms with Crippen LogP contribution in [0.3, 0.4) is 0 Å². The second-order valence-electron chi connectivity index (χ2n) is 4.38. The molecule has 0 spiro atoms. The summed E-state index contributed by atoms with van der Waals surface area (Å²) in [5.41, 5.74) is 0. The van der Waals surface area contributed by atoms with E-state index < -0.39 is 0 Å². The van der Waals surface area contributed by atoms with E-state index in [1.54, 1.807) is 17.7 Å². The van der Waals surface area contributed by atoms with Gasteiger partial charge in [-0.3, -0.25) is 0 Å². The Morgan fingerprint density at radius 2 is 2.21 bits per heavy atom. The van der Waals surface area contributed by atoms with E-state index in [-0.39, 0.29) is 6.61 Å². The Balaban J connectivity index is 1.87. The zero-order valence-corrected chi connectivity index (χ0v) is 11.8. The van der Waals surface area contributed by atoms with Gasteiger partial charge in [0, 0.05) is 19.0 Å². The minimum Gasteiger partial charge on any atom is -0.388 e. The summed E-state index contributed by atoms with van der Waals surface area (Å²) in [4.78, 5) is 8.73. The quantitative estimate of drug-likeness (QED) is 0.867. The second-order valence-corrected chi connectivity index (χ2v) is 5.75. The molecule has 0 saturated heterocycles. The van der Waals surface area contributed by atoms with Gasteiger partial charge in [-0.25, -0.2) is 9.97 Å². The highest BCUT2D eigenvalue weighted by molar-refractivity contribution is 7.99. The molecular weight excluding hydrogens is 286 g/mol. The van der Waals surface area contributed by atoms with Crippen LogP contribution in [0.2, 0.25) is 5.15 Å².